The van der Waals surface area contributed by atoms with Gasteiger partial charge in [-0.15, -0.1) is 11.8 Å². The summed E-state index contributed by atoms with van der Waals surface area (Å²) >= 11 is 1.41. The van der Waals surface area contributed by atoms with Crippen molar-refractivity contribution in [1.82, 2.24) is 4.90 Å². The number of aliphatic hydroxyl groups is 1. The number of nitro benzene ring substituents is 1. The van der Waals surface area contributed by atoms with E-state index in [1.54, 1.807) is 6.07 Å². The van der Waals surface area contributed by atoms with Crippen LogP contribution in [0.1, 0.15) is 10.4 Å². The molecule has 1 fully saturated rings. The van der Waals surface area contributed by atoms with Gasteiger partial charge in [0.1, 0.15) is 5.56 Å². The number of nitro groups is 1. The molecule has 0 aliphatic carbocycles. The zero-order valence-electron chi connectivity index (χ0n) is 11.5. The molecule has 0 aromatic heterocycles. The van der Waals surface area contributed by atoms with Gasteiger partial charge in [-0.3, -0.25) is 14.9 Å². The third-order valence-electron chi connectivity index (χ3n) is 3.33. The summed E-state index contributed by atoms with van der Waals surface area (Å²) in [6.45, 7) is 0.670. The molecule has 2 rings (SSSR count). The molecule has 1 amide bonds. The van der Waals surface area contributed by atoms with Gasteiger partial charge >= 0.3 is 0 Å². The first kappa shape index (κ1) is 15.7. The number of amides is 1. The maximum absolute atomic E-state index is 12.6. The first-order valence-electron chi connectivity index (χ1n) is 6.40. The van der Waals surface area contributed by atoms with Crippen LogP contribution in [0, 0.1) is 10.1 Å². The largest absolute Gasteiger partial charge is 0.394 e. The molecule has 1 unspecified atom stereocenters. The number of nitrogens with zero attached hydrogens (tertiary/aromatic N) is 2. The van der Waals surface area contributed by atoms with Gasteiger partial charge in [0.15, 0.2) is 0 Å². The first-order valence-corrected chi connectivity index (χ1v) is 7.63. The van der Waals surface area contributed by atoms with E-state index in [1.807, 2.05) is 6.26 Å². The predicted molar refractivity (Wildman–Crippen MR) is 77.6 cm³/mol. The third-order valence-corrected chi connectivity index (χ3v) is 4.06. The number of hydrogen-bond donors (Lipinski definition) is 1. The molecule has 1 aliphatic rings. The molecule has 0 spiro atoms. The summed E-state index contributed by atoms with van der Waals surface area (Å²) in [5.41, 5.74) is -0.173. The highest BCUT2D eigenvalue weighted by Crippen LogP contribution is 2.27. The van der Waals surface area contributed by atoms with Crippen molar-refractivity contribution < 1.29 is 19.6 Å². The smallest absolute Gasteiger partial charge is 0.282 e. The molecule has 0 bridgehead atoms. The maximum Gasteiger partial charge on any atom is 0.282 e. The van der Waals surface area contributed by atoms with Gasteiger partial charge in [0.2, 0.25) is 0 Å². The van der Waals surface area contributed by atoms with E-state index in [1.165, 1.54) is 28.8 Å². The molecule has 1 aromatic carbocycles. The van der Waals surface area contributed by atoms with Gasteiger partial charge in [0, 0.05) is 17.5 Å². The summed E-state index contributed by atoms with van der Waals surface area (Å²) in [6.07, 6.45) is 1.83. The van der Waals surface area contributed by atoms with Crippen LogP contribution in [-0.4, -0.2) is 59.5 Å². The molecule has 1 aliphatic heterocycles. The van der Waals surface area contributed by atoms with Gasteiger partial charge < -0.3 is 14.7 Å². The lowest BCUT2D eigenvalue weighted by atomic mass is 10.1. The van der Waals surface area contributed by atoms with Gasteiger partial charge in [-0.05, 0) is 18.4 Å². The number of carbonyl (C=O) groups excluding carboxylic acids is 1. The van der Waals surface area contributed by atoms with E-state index >= 15 is 0 Å². The number of benzene rings is 1. The average Bonchev–Trinajstić information content (AvgIpc) is 2.53. The molecular weight excluding hydrogens is 296 g/mol. The molecule has 0 saturated carbocycles. The molecule has 1 N–H and O–H groups in total. The van der Waals surface area contributed by atoms with Crippen molar-refractivity contribution in [2.75, 3.05) is 32.6 Å². The van der Waals surface area contributed by atoms with Crippen LogP contribution in [0.3, 0.4) is 0 Å². The fraction of sp³-hybridized carbons (Fsp3) is 0.462. The second-order valence-corrected chi connectivity index (χ2v) is 5.43. The van der Waals surface area contributed by atoms with Crippen LogP contribution in [0.2, 0.25) is 0 Å². The van der Waals surface area contributed by atoms with E-state index < -0.39 is 16.9 Å². The number of ether oxygens (including phenoxy) is 1. The van der Waals surface area contributed by atoms with Crippen LogP contribution in [0.4, 0.5) is 5.69 Å². The number of morpholine rings is 1. The summed E-state index contributed by atoms with van der Waals surface area (Å²) in [5.74, 6) is -0.444. The minimum absolute atomic E-state index is 0.0483. The monoisotopic (exact) mass is 312 g/mol. The molecule has 1 aromatic rings. The lowest BCUT2D eigenvalue weighted by molar-refractivity contribution is -0.385. The molecule has 21 heavy (non-hydrogen) atoms. The second kappa shape index (κ2) is 6.88. The molecule has 1 atom stereocenters. The highest BCUT2D eigenvalue weighted by molar-refractivity contribution is 7.98. The fourth-order valence-electron chi connectivity index (χ4n) is 2.20. The maximum atomic E-state index is 12.6. The SMILES string of the molecule is CSc1ccc([N+](=O)[O-])c(C(=O)N2CCOCC2CO)c1. The topological polar surface area (TPSA) is 92.9 Å². The summed E-state index contributed by atoms with van der Waals surface area (Å²) in [6, 6.07) is 4.01. The van der Waals surface area contributed by atoms with Gasteiger partial charge in [-0.2, -0.15) is 0 Å². The van der Waals surface area contributed by atoms with Crippen molar-refractivity contribution in [3.8, 4) is 0 Å². The summed E-state index contributed by atoms with van der Waals surface area (Å²) in [5, 5.41) is 20.4. The Balaban J connectivity index is 2.38. The highest BCUT2D eigenvalue weighted by atomic mass is 32.2. The van der Waals surface area contributed by atoms with Gasteiger partial charge in [0.25, 0.3) is 11.6 Å². The van der Waals surface area contributed by atoms with Crippen LogP contribution >= 0.6 is 11.8 Å². The quantitative estimate of drug-likeness (QED) is 0.509. The van der Waals surface area contributed by atoms with Crippen molar-refractivity contribution in [3.63, 3.8) is 0 Å². The second-order valence-electron chi connectivity index (χ2n) is 4.55. The molecule has 0 radical (unpaired) electrons. The number of rotatable bonds is 4. The fourth-order valence-corrected chi connectivity index (χ4v) is 2.64. The number of aliphatic hydroxyl groups excluding tert-OH is 1. The predicted octanol–water partition coefficient (Wildman–Crippen LogP) is 1.15. The lowest BCUT2D eigenvalue weighted by Gasteiger charge is -2.34. The Bertz CT molecular complexity index is 551. The van der Waals surface area contributed by atoms with Crippen LogP contribution in [-0.2, 0) is 4.74 Å². The van der Waals surface area contributed by atoms with E-state index in [2.05, 4.69) is 0 Å². The Hall–Kier alpha value is -1.64. The van der Waals surface area contributed by atoms with E-state index in [-0.39, 0.29) is 24.5 Å². The molecular formula is C13H16N2O5S. The zero-order valence-corrected chi connectivity index (χ0v) is 12.3. The Morgan fingerprint density at radius 2 is 2.38 bits per heavy atom. The standard InChI is InChI=1S/C13H16N2O5S/c1-21-10-2-3-12(15(18)19)11(6-10)13(17)14-4-5-20-8-9(14)7-16/h2-3,6,9,16H,4-5,7-8H2,1H3. The first-order chi connectivity index (χ1) is 10.1. The van der Waals surface area contributed by atoms with Crippen molar-refractivity contribution >= 4 is 23.4 Å². The molecule has 7 nitrogen and oxygen atoms in total. The molecule has 1 heterocycles. The van der Waals surface area contributed by atoms with E-state index in [0.29, 0.717) is 13.2 Å². The Morgan fingerprint density at radius 3 is 3.00 bits per heavy atom. The van der Waals surface area contributed by atoms with E-state index in [4.69, 9.17) is 4.74 Å². The van der Waals surface area contributed by atoms with Crippen LogP contribution in [0.5, 0.6) is 0 Å². The minimum Gasteiger partial charge on any atom is -0.394 e. The van der Waals surface area contributed by atoms with Crippen LogP contribution in [0.15, 0.2) is 23.1 Å². The van der Waals surface area contributed by atoms with Crippen molar-refractivity contribution in [1.29, 1.82) is 0 Å². The molecule has 114 valence electrons. The van der Waals surface area contributed by atoms with Crippen molar-refractivity contribution in [2.45, 2.75) is 10.9 Å². The van der Waals surface area contributed by atoms with Crippen LogP contribution in [0.25, 0.3) is 0 Å². The summed E-state index contributed by atoms with van der Waals surface area (Å²) in [7, 11) is 0. The number of thioether (sulfide) groups is 1. The molecule has 1 saturated heterocycles. The van der Waals surface area contributed by atoms with Crippen molar-refractivity contribution in [2.24, 2.45) is 0 Å². The Labute approximate surface area is 126 Å². The van der Waals surface area contributed by atoms with Gasteiger partial charge in [0.05, 0.1) is 30.8 Å². The highest BCUT2D eigenvalue weighted by Gasteiger charge is 2.31. The van der Waals surface area contributed by atoms with Crippen molar-refractivity contribution in [3.05, 3.63) is 33.9 Å². The normalized spacial score (nSPS) is 18.6. The van der Waals surface area contributed by atoms with Gasteiger partial charge in [-0.25, -0.2) is 0 Å². The third kappa shape index (κ3) is 3.34. The number of carbonyl (C=O) groups is 1. The van der Waals surface area contributed by atoms with E-state index in [0.717, 1.165) is 4.90 Å². The zero-order chi connectivity index (χ0) is 15.4. The van der Waals surface area contributed by atoms with Gasteiger partial charge in [-0.1, -0.05) is 0 Å². The number of hydrogen-bond acceptors (Lipinski definition) is 6. The van der Waals surface area contributed by atoms with E-state index in [9.17, 15) is 20.0 Å². The Morgan fingerprint density at radius 1 is 1.62 bits per heavy atom. The average molecular weight is 312 g/mol. The summed E-state index contributed by atoms with van der Waals surface area (Å²) < 4.78 is 5.22. The minimum atomic E-state index is -0.564. The Kier molecular flexibility index (Phi) is 5.16. The summed E-state index contributed by atoms with van der Waals surface area (Å²) in [4.78, 5) is 25.4. The lowest BCUT2D eigenvalue weighted by Crippen LogP contribution is -2.50. The van der Waals surface area contributed by atoms with Crippen LogP contribution < -0.4 is 0 Å². The molecule has 8 heteroatoms.